The number of nitrogens with zero attached hydrogens (tertiary/aromatic N) is 3. The Hall–Kier alpha value is -7.36. The predicted molar refractivity (Wildman–Crippen MR) is 239 cm³/mol. The quantitative estimate of drug-likeness (QED) is 0.168. The van der Waals surface area contributed by atoms with E-state index in [-0.39, 0.29) is 5.92 Å². The second kappa shape index (κ2) is 12.6. The van der Waals surface area contributed by atoms with E-state index in [0.717, 1.165) is 17.8 Å². The molecule has 0 fully saturated rings. The Bertz CT molecular complexity index is 3340. The highest BCUT2D eigenvalue weighted by molar-refractivity contribution is 6.11. The van der Waals surface area contributed by atoms with Crippen LogP contribution in [0.3, 0.4) is 0 Å². The van der Waals surface area contributed by atoms with Gasteiger partial charge in [-0.05, 0) is 101 Å². The minimum atomic E-state index is 0.262. The van der Waals surface area contributed by atoms with Gasteiger partial charge in [-0.15, -0.1) is 0 Å². The van der Waals surface area contributed by atoms with Crippen LogP contribution in [-0.4, -0.2) is 13.7 Å². The lowest BCUT2D eigenvalue weighted by Gasteiger charge is -2.20. The van der Waals surface area contributed by atoms with Crippen molar-refractivity contribution in [1.82, 2.24) is 13.7 Å². The van der Waals surface area contributed by atoms with Gasteiger partial charge in [-0.25, -0.2) is 0 Å². The van der Waals surface area contributed by atoms with Gasteiger partial charge in [-0.1, -0.05) is 133 Å². The monoisotopic (exact) mass is 727 g/mol. The summed E-state index contributed by atoms with van der Waals surface area (Å²) in [7, 11) is 0. The molecule has 3 nitrogen and oxygen atoms in total. The molecule has 8 aromatic carbocycles. The van der Waals surface area contributed by atoms with E-state index < -0.39 is 0 Å². The molecule has 0 spiro atoms. The number of hydrogen-bond donors (Lipinski definition) is 0. The molecule has 12 rings (SSSR count). The van der Waals surface area contributed by atoms with Crippen molar-refractivity contribution in [2.45, 2.75) is 12.3 Å². The first-order chi connectivity index (χ1) is 28.3. The van der Waals surface area contributed by atoms with Crippen molar-refractivity contribution < 1.29 is 0 Å². The Labute approximate surface area is 330 Å². The van der Waals surface area contributed by atoms with Crippen LogP contribution in [0.4, 0.5) is 0 Å². The first kappa shape index (κ1) is 31.9. The van der Waals surface area contributed by atoms with E-state index >= 15 is 0 Å². The highest BCUT2D eigenvalue weighted by atomic mass is 15.0. The van der Waals surface area contributed by atoms with Gasteiger partial charge >= 0.3 is 0 Å². The molecule has 0 aliphatic heterocycles. The second-order valence-electron chi connectivity index (χ2n) is 15.3. The molecule has 3 heterocycles. The Morgan fingerprint density at radius 1 is 0.351 bits per heavy atom. The Morgan fingerprint density at radius 3 is 1.49 bits per heavy atom. The Morgan fingerprint density at radius 2 is 0.842 bits per heavy atom. The van der Waals surface area contributed by atoms with Crippen LogP contribution in [0.5, 0.6) is 0 Å². The molecule has 0 radical (unpaired) electrons. The second-order valence-corrected chi connectivity index (χ2v) is 15.3. The fraction of sp³-hybridized carbons (Fsp3) is 0.0370. The first-order valence-corrected chi connectivity index (χ1v) is 19.9. The molecule has 1 atom stereocenters. The third-order valence-corrected chi connectivity index (χ3v) is 12.2. The van der Waals surface area contributed by atoms with E-state index in [1.165, 1.54) is 88.1 Å². The zero-order chi connectivity index (χ0) is 37.5. The largest absolute Gasteiger partial charge is 0.310 e. The summed E-state index contributed by atoms with van der Waals surface area (Å²) < 4.78 is 7.30. The van der Waals surface area contributed by atoms with Gasteiger partial charge < -0.3 is 13.7 Å². The molecule has 0 saturated carbocycles. The van der Waals surface area contributed by atoms with E-state index in [4.69, 9.17) is 0 Å². The van der Waals surface area contributed by atoms with Gasteiger partial charge in [-0.3, -0.25) is 0 Å². The fourth-order valence-corrected chi connectivity index (χ4v) is 9.64. The summed E-state index contributed by atoms with van der Waals surface area (Å²) in [5, 5.41) is 6.42. The van der Waals surface area contributed by atoms with Gasteiger partial charge in [0.15, 0.2) is 0 Å². The lowest BCUT2D eigenvalue weighted by molar-refractivity contribution is 0.826. The van der Waals surface area contributed by atoms with E-state index in [9.17, 15) is 0 Å². The summed E-state index contributed by atoms with van der Waals surface area (Å²) >= 11 is 0. The molecule has 0 amide bonds. The third kappa shape index (κ3) is 4.92. The van der Waals surface area contributed by atoms with Crippen LogP contribution in [0, 0.1) is 0 Å². The normalized spacial score (nSPS) is 14.0. The van der Waals surface area contributed by atoms with Crippen molar-refractivity contribution in [2.24, 2.45) is 0 Å². The van der Waals surface area contributed by atoms with Crippen molar-refractivity contribution in [2.75, 3.05) is 0 Å². The number of allylic oxidation sites excluding steroid dienone is 1. The zero-order valence-corrected chi connectivity index (χ0v) is 31.3. The minimum absolute atomic E-state index is 0.262. The maximum absolute atomic E-state index is 2.45. The van der Waals surface area contributed by atoms with Gasteiger partial charge in [0.1, 0.15) is 0 Å². The molecule has 3 aromatic heterocycles. The maximum Gasteiger partial charge on any atom is 0.0541 e. The average Bonchev–Trinajstić information content (AvgIpc) is 3.92. The van der Waals surface area contributed by atoms with Crippen molar-refractivity contribution in [3.8, 4) is 28.2 Å². The Kier molecular flexibility index (Phi) is 7.05. The van der Waals surface area contributed by atoms with E-state index in [0.29, 0.717) is 0 Å². The van der Waals surface area contributed by atoms with Crippen molar-refractivity contribution >= 4 is 60.6 Å². The number of aromatic nitrogens is 3. The summed E-state index contributed by atoms with van der Waals surface area (Å²) in [4.78, 5) is 0. The molecule has 0 N–H and O–H groups in total. The molecule has 57 heavy (non-hydrogen) atoms. The van der Waals surface area contributed by atoms with Crippen LogP contribution in [0.1, 0.15) is 22.7 Å². The summed E-state index contributed by atoms with van der Waals surface area (Å²) in [5.74, 6) is 0.262. The molecule has 1 aliphatic rings. The maximum atomic E-state index is 2.45. The van der Waals surface area contributed by atoms with Crippen LogP contribution < -0.4 is 0 Å². The Balaban J connectivity index is 0.961. The van der Waals surface area contributed by atoms with Gasteiger partial charge in [0.2, 0.25) is 0 Å². The number of para-hydroxylation sites is 4. The molecule has 3 heteroatoms. The van der Waals surface area contributed by atoms with Gasteiger partial charge in [0.25, 0.3) is 0 Å². The van der Waals surface area contributed by atoms with Crippen molar-refractivity contribution in [3.05, 3.63) is 217 Å². The van der Waals surface area contributed by atoms with Crippen LogP contribution >= 0.6 is 0 Å². The van der Waals surface area contributed by atoms with Crippen LogP contribution in [0.2, 0.25) is 0 Å². The molecular weight excluding hydrogens is 691 g/mol. The number of benzene rings is 8. The number of hydrogen-bond acceptors (Lipinski definition) is 0. The SMILES string of the molecule is C1=C[C@@H](c2ccc3c(c2)c2ccccc2n3-c2cccc(-n3c4ccccc4c4ccccc43)c2)Cc2c1n(-c1cccc(-c3ccccc3)c1)c1ccccc21. The van der Waals surface area contributed by atoms with Crippen molar-refractivity contribution in [3.63, 3.8) is 0 Å². The van der Waals surface area contributed by atoms with Gasteiger partial charge in [0, 0.05) is 55.6 Å². The minimum Gasteiger partial charge on any atom is -0.310 e. The van der Waals surface area contributed by atoms with Crippen LogP contribution in [-0.2, 0) is 6.42 Å². The smallest absolute Gasteiger partial charge is 0.0541 e. The number of rotatable bonds is 5. The summed E-state index contributed by atoms with van der Waals surface area (Å²) in [5.41, 5.74) is 16.1. The van der Waals surface area contributed by atoms with Gasteiger partial charge in [0.05, 0.1) is 27.6 Å². The fourth-order valence-electron chi connectivity index (χ4n) is 9.64. The van der Waals surface area contributed by atoms with Crippen LogP contribution in [0.25, 0.3) is 88.8 Å². The molecule has 0 saturated heterocycles. The van der Waals surface area contributed by atoms with E-state index in [2.05, 4.69) is 220 Å². The molecule has 268 valence electrons. The first-order valence-electron chi connectivity index (χ1n) is 19.9. The molecule has 11 aromatic rings. The third-order valence-electron chi connectivity index (χ3n) is 12.2. The average molecular weight is 728 g/mol. The summed E-state index contributed by atoms with van der Waals surface area (Å²) in [6.45, 7) is 0. The van der Waals surface area contributed by atoms with Crippen LogP contribution in [0.15, 0.2) is 200 Å². The molecule has 1 aliphatic carbocycles. The van der Waals surface area contributed by atoms with Crippen molar-refractivity contribution in [1.29, 1.82) is 0 Å². The topological polar surface area (TPSA) is 14.8 Å². The lowest BCUT2D eigenvalue weighted by atomic mass is 9.86. The van der Waals surface area contributed by atoms with E-state index in [1.807, 2.05) is 0 Å². The zero-order valence-electron chi connectivity index (χ0n) is 31.3. The van der Waals surface area contributed by atoms with E-state index in [1.54, 1.807) is 0 Å². The molecule has 0 bridgehead atoms. The molecular formula is C54H37N3. The standard InChI is InChI=1S/C54H37N3/c1-2-14-36(15-3-1)37-16-12-17-40(32-37)55-51-26-10-6-22-45(51)47-33-38(28-30-53(47)55)39-29-31-54-48(34-39)46-23-7-11-27-52(46)57(54)42-19-13-18-41(35-42)56-49-24-8-4-20-43(49)44-21-5-9-25-50(44)56/h1-32,34-35,38H,33H2/t38-/m1/s1. The number of fused-ring (bicyclic) bond motifs is 9. The highest BCUT2D eigenvalue weighted by Gasteiger charge is 2.25. The summed E-state index contributed by atoms with van der Waals surface area (Å²) in [6.07, 6.45) is 5.74. The van der Waals surface area contributed by atoms with Gasteiger partial charge in [-0.2, -0.15) is 0 Å². The lowest BCUT2D eigenvalue weighted by Crippen LogP contribution is -2.07. The highest BCUT2D eigenvalue weighted by Crippen LogP contribution is 2.41. The molecule has 0 unspecified atom stereocenters. The summed E-state index contributed by atoms with van der Waals surface area (Å²) in [6, 6.07) is 71.0. The predicted octanol–water partition coefficient (Wildman–Crippen LogP) is 13.8.